The number of hydrogen-bond donors (Lipinski definition) is 2. The number of aliphatic hydroxyl groups is 2. The summed E-state index contributed by atoms with van der Waals surface area (Å²) in [6.07, 6.45) is 2.42. The highest BCUT2D eigenvalue weighted by Crippen LogP contribution is 2.67. The van der Waals surface area contributed by atoms with Crippen LogP contribution in [-0.2, 0) is 11.2 Å². The molecule has 1 aliphatic heterocycles. The molecule has 2 heterocycles. The average Bonchev–Trinajstić information content (AvgIpc) is 3.15. The maximum Gasteiger partial charge on any atom is 0.176 e. The van der Waals surface area contributed by atoms with Gasteiger partial charge in [-0.25, -0.2) is 0 Å². The van der Waals surface area contributed by atoms with Crippen molar-refractivity contribution in [3.05, 3.63) is 88.2 Å². The monoisotopic (exact) mass is 453 g/mol. The number of halogens is 1. The highest BCUT2D eigenvalue weighted by Gasteiger charge is 2.73. The van der Waals surface area contributed by atoms with Crippen molar-refractivity contribution in [3.63, 3.8) is 0 Å². The molecule has 0 radical (unpaired) electrons. The number of pyridine rings is 1. The number of aliphatic hydroxyl groups excluding tert-OH is 1. The fourth-order valence-electron chi connectivity index (χ4n) is 5.01. The summed E-state index contributed by atoms with van der Waals surface area (Å²) in [5.41, 5.74) is -0.682. The van der Waals surface area contributed by atoms with Gasteiger partial charge in [-0.05, 0) is 29.7 Å². The summed E-state index contributed by atoms with van der Waals surface area (Å²) >= 11 is 3.48. The van der Waals surface area contributed by atoms with E-state index in [-0.39, 0.29) is 5.92 Å². The Balaban J connectivity index is 1.82. The van der Waals surface area contributed by atoms with Gasteiger partial charge < -0.3 is 19.7 Å². The van der Waals surface area contributed by atoms with E-state index in [0.29, 0.717) is 23.5 Å². The Bertz CT molecular complexity index is 1060. The molecule has 0 spiro atoms. The lowest BCUT2D eigenvalue weighted by atomic mass is 9.71. The van der Waals surface area contributed by atoms with E-state index in [1.54, 1.807) is 12.4 Å². The molecule has 1 aliphatic carbocycles. The van der Waals surface area contributed by atoms with Gasteiger partial charge in [-0.3, -0.25) is 4.98 Å². The van der Waals surface area contributed by atoms with Crippen LogP contribution in [0.1, 0.15) is 29.0 Å². The van der Waals surface area contributed by atoms with Crippen LogP contribution in [0.15, 0.2) is 71.5 Å². The molecule has 3 aromatic rings. The van der Waals surface area contributed by atoms with Crippen molar-refractivity contribution < 1.29 is 19.7 Å². The Labute approximate surface area is 177 Å². The normalized spacial score (nSPS) is 29.8. The maximum absolute atomic E-state index is 12.2. The van der Waals surface area contributed by atoms with Crippen molar-refractivity contribution in [2.45, 2.75) is 29.6 Å². The minimum atomic E-state index is -1.69. The summed E-state index contributed by atoms with van der Waals surface area (Å²) in [5.74, 6) is 0.549. The lowest BCUT2D eigenvalue weighted by Gasteiger charge is -2.40. The molecule has 1 saturated carbocycles. The van der Waals surface area contributed by atoms with Crippen LogP contribution >= 0.6 is 15.9 Å². The van der Waals surface area contributed by atoms with E-state index in [9.17, 15) is 10.2 Å². The van der Waals surface area contributed by atoms with Gasteiger partial charge in [0, 0.05) is 10.4 Å². The summed E-state index contributed by atoms with van der Waals surface area (Å²) in [5, 5.41) is 23.4. The van der Waals surface area contributed by atoms with Gasteiger partial charge >= 0.3 is 0 Å². The zero-order chi connectivity index (χ0) is 20.2. The van der Waals surface area contributed by atoms with Gasteiger partial charge in [0.25, 0.3) is 0 Å². The molecule has 6 heteroatoms. The van der Waals surface area contributed by atoms with Crippen LogP contribution < -0.4 is 9.47 Å². The zero-order valence-corrected chi connectivity index (χ0v) is 17.3. The molecule has 148 valence electrons. The molecular weight excluding hydrogens is 434 g/mol. The number of aromatic nitrogens is 1. The predicted molar refractivity (Wildman–Crippen MR) is 111 cm³/mol. The van der Waals surface area contributed by atoms with Gasteiger partial charge in [-0.15, -0.1) is 0 Å². The van der Waals surface area contributed by atoms with Crippen molar-refractivity contribution in [2.24, 2.45) is 0 Å². The first-order valence-corrected chi connectivity index (χ1v) is 10.2. The van der Waals surface area contributed by atoms with E-state index in [2.05, 4.69) is 20.9 Å². The van der Waals surface area contributed by atoms with Crippen LogP contribution in [0.5, 0.6) is 11.5 Å². The van der Waals surface area contributed by atoms with Crippen LogP contribution in [-0.4, -0.2) is 28.4 Å². The number of nitrogens with zero attached hydrogens (tertiary/aromatic N) is 1. The van der Waals surface area contributed by atoms with Crippen LogP contribution in [0.4, 0.5) is 0 Å². The van der Waals surface area contributed by atoms with Crippen LogP contribution in [0.2, 0.25) is 0 Å². The highest BCUT2D eigenvalue weighted by molar-refractivity contribution is 9.10. The fraction of sp³-hybridized carbons (Fsp3) is 0.261. The number of fused-ring (bicyclic) bond motifs is 3. The van der Waals surface area contributed by atoms with E-state index < -0.39 is 17.3 Å². The molecule has 1 fully saturated rings. The Kier molecular flexibility index (Phi) is 4.21. The largest absolute Gasteiger partial charge is 0.495 e. The molecule has 29 heavy (non-hydrogen) atoms. The van der Waals surface area contributed by atoms with Crippen LogP contribution in [0.25, 0.3) is 0 Å². The zero-order valence-electron chi connectivity index (χ0n) is 15.7. The minimum absolute atomic E-state index is 0.276. The summed E-state index contributed by atoms with van der Waals surface area (Å²) in [6, 6.07) is 17.6. The number of benzene rings is 2. The second-order valence-corrected chi connectivity index (χ2v) is 8.46. The molecule has 4 atom stereocenters. The van der Waals surface area contributed by atoms with Gasteiger partial charge in [0.15, 0.2) is 11.2 Å². The first kappa shape index (κ1) is 18.6. The van der Waals surface area contributed by atoms with Gasteiger partial charge in [-0.2, -0.15) is 0 Å². The molecule has 1 unspecified atom stereocenters. The fourth-order valence-corrected chi connectivity index (χ4v) is 5.28. The van der Waals surface area contributed by atoms with Crippen molar-refractivity contribution in [1.29, 1.82) is 0 Å². The van der Waals surface area contributed by atoms with E-state index in [1.165, 1.54) is 7.11 Å². The van der Waals surface area contributed by atoms with Gasteiger partial charge in [0.2, 0.25) is 0 Å². The molecule has 1 aromatic heterocycles. The van der Waals surface area contributed by atoms with E-state index in [4.69, 9.17) is 9.47 Å². The molecule has 0 bridgehead atoms. The number of rotatable bonds is 3. The Hall–Kier alpha value is -2.41. The standard InChI is InChI=1S/C23H20BrNO4/c1-28-18-12-25-13-19-21(18)22(27)20(26)11-17(14-5-3-2-4-6-14)23(22,29-19)15-7-9-16(24)10-8-15/h2-10,12-13,17,20,26-27H,11H2,1H3/t17-,20?,22+,23-/m0/s1. The number of methoxy groups -OCH3 is 1. The first-order valence-electron chi connectivity index (χ1n) is 9.45. The second kappa shape index (κ2) is 6.55. The predicted octanol–water partition coefficient (Wildman–Crippen LogP) is 3.88. The SMILES string of the molecule is COc1cncc2c1[C@]1(O)C(O)C[C@@H](c3ccccc3)[C@]1(c1ccc(Br)cc1)O2. The van der Waals surface area contributed by atoms with Crippen molar-refractivity contribution in [1.82, 2.24) is 4.98 Å². The van der Waals surface area contributed by atoms with Crippen LogP contribution in [0.3, 0.4) is 0 Å². The van der Waals surface area contributed by atoms with E-state index in [0.717, 1.165) is 15.6 Å². The van der Waals surface area contributed by atoms with E-state index >= 15 is 0 Å². The number of ether oxygens (including phenoxy) is 2. The minimum Gasteiger partial charge on any atom is -0.495 e. The van der Waals surface area contributed by atoms with Gasteiger partial charge in [0.05, 0.1) is 31.2 Å². The average molecular weight is 454 g/mol. The summed E-state index contributed by atoms with van der Waals surface area (Å²) in [4.78, 5) is 4.20. The third kappa shape index (κ3) is 2.37. The lowest BCUT2D eigenvalue weighted by Crippen LogP contribution is -2.52. The van der Waals surface area contributed by atoms with Gasteiger partial charge in [0.1, 0.15) is 11.5 Å². The molecule has 2 aliphatic rings. The molecule has 5 nitrogen and oxygen atoms in total. The molecule has 0 saturated heterocycles. The number of hydrogen-bond acceptors (Lipinski definition) is 5. The maximum atomic E-state index is 12.2. The molecule has 5 rings (SSSR count). The Morgan fingerprint density at radius 1 is 1.10 bits per heavy atom. The lowest BCUT2D eigenvalue weighted by molar-refractivity contribution is -0.150. The Morgan fingerprint density at radius 2 is 1.83 bits per heavy atom. The van der Waals surface area contributed by atoms with Crippen molar-refractivity contribution in [3.8, 4) is 11.5 Å². The molecular formula is C23H20BrNO4. The first-order chi connectivity index (χ1) is 14.0. The summed E-state index contributed by atoms with van der Waals surface area (Å²) < 4.78 is 13.0. The molecule has 2 N–H and O–H groups in total. The van der Waals surface area contributed by atoms with E-state index in [1.807, 2.05) is 54.6 Å². The topological polar surface area (TPSA) is 71.8 Å². The summed E-state index contributed by atoms with van der Waals surface area (Å²) in [6.45, 7) is 0. The summed E-state index contributed by atoms with van der Waals surface area (Å²) in [7, 11) is 1.52. The van der Waals surface area contributed by atoms with Crippen molar-refractivity contribution >= 4 is 15.9 Å². The second-order valence-electron chi connectivity index (χ2n) is 7.54. The smallest absolute Gasteiger partial charge is 0.176 e. The van der Waals surface area contributed by atoms with Gasteiger partial charge in [-0.1, -0.05) is 58.4 Å². The van der Waals surface area contributed by atoms with Crippen LogP contribution in [0, 0.1) is 0 Å². The highest BCUT2D eigenvalue weighted by atomic mass is 79.9. The third-order valence-corrected chi connectivity index (χ3v) is 6.75. The third-order valence-electron chi connectivity index (χ3n) is 6.22. The quantitative estimate of drug-likeness (QED) is 0.629. The van der Waals surface area contributed by atoms with Crippen molar-refractivity contribution in [2.75, 3.05) is 7.11 Å². The molecule has 2 aromatic carbocycles. The molecule has 0 amide bonds. The Morgan fingerprint density at radius 3 is 2.52 bits per heavy atom.